The summed E-state index contributed by atoms with van der Waals surface area (Å²) < 4.78 is 53.4. The number of rotatable bonds is 6. The largest absolute Gasteiger partial charge is 0.481 e. The fourth-order valence-corrected chi connectivity index (χ4v) is 3.20. The van der Waals surface area contributed by atoms with Gasteiger partial charge in [0.15, 0.2) is 0 Å². The molecule has 0 saturated carbocycles. The SMILES string of the molecule is O=C(O)CC(NS(=O)(=O)c1cc(F)ccc1F)c1ccccn1. The average molecular weight is 342 g/mol. The Labute approximate surface area is 130 Å². The van der Waals surface area contributed by atoms with E-state index in [1.54, 1.807) is 12.1 Å². The summed E-state index contributed by atoms with van der Waals surface area (Å²) in [5.41, 5.74) is 0.148. The van der Waals surface area contributed by atoms with Gasteiger partial charge in [-0.05, 0) is 30.3 Å². The van der Waals surface area contributed by atoms with E-state index < -0.39 is 45.0 Å². The van der Waals surface area contributed by atoms with Crippen molar-refractivity contribution in [1.29, 1.82) is 0 Å². The molecule has 122 valence electrons. The molecule has 0 amide bonds. The van der Waals surface area contributed by atoms with Crippen LogP contribution in [0, 0.1) is 11.6 Å². The molecule has 0 saturated heterocycles. The monoisotopic (exact) mass is 342 g/mol. The van der Waals surface area contributed by atoms with Gasteiger partial charge in [0.2, 0.25) is 10.0 Å². The van der Waals surface area contributed by atoms with Crippen LogP contribution in [0.25, 0.3) is 0 Å². The summed E-state index contributed by atoms with van der Waals surface area (Å²) >= 11 is 0. The van der Waals surface area contributed by atoms with Gasteiger partial charge in [-0.15, -0.1) is 0 Å². The number of aliphatic carboxylic acids is 1. The van der Waals surface area contributed by atoms with Crippen LogP contribution >= 0.6 is 0 Å². The summed E-state index contributed by atoms with van der Waals surface area (Å²) in [6.45, 7) is 0. The highest BCUT2D eigenvalue weighted by Crippen LogP contribution is 2.21. The zero-order chi connectivity index (χ0) is 17.0. The second-order valence-corrected chi connectivity index (χ2v) is 6.28. The number of hydrogen-bond acceptors (Lipinski definition) is 4. The Kier molecular flexibility index (Phi) is 5.02. The lowest BCUT2D eigenvalue weighted by Gasteiger charge is -2.17. The minimum absolute atomic E-state index is 0.148. The summed E-state index contributed by atoms with van der Waals surface area (Å²) in [6.07, 6.45) is 0.758. The number of nitrogens with zero attached hydrogens (tertiary/aromatic N) is 1. The molecule has 0 radical (unpaired) electrons. The number of aromatic nitrogens is 1. The van der Waals surface area contributed by atoms with Crippen LogP contribution in [0.5, 0.6) is 0 Å². The van der Waals surface area contributed by atoms with Crippen LogP contribution in [-0.4, -0.2) is 24.5 Å². The summed E-state index contributed by atoms with van der Waals surface area (Å²) in [4.78, 5) is 13.9. The molecule has 23 heavy (non-hydrogen) atoms. The molecule has 2 N–H and O–H groups in total. The van der Waals surface area contributed by atoms with E-state index in [1.807, 2.05) is 4.72 Å². The molecule has 1 unspecified atom stereocenters. The molecule has 1 atom stereocenters. The lowest BCUT2D eigenvalue weighted by molar-refractivity contribution is -0.137. The molecule has 1 aromatic heterocycles. The van der Waals surface area contributed by atoms with Crippen LogP contribution in [0.2, 0.25) is 0 Å². The molecular weight excluding hydrogens is 330 g/mol. The first-order valence-corrected chi connectivity index (χ1v) is 7.88. The quantitative estimate of drug-likeness (QED) is 0.835. The van der Waals surface area contributed by atoms with Gasteiger partial charge in [0.1, 0.15) is 16.5 Å². The summed E-state index contributed by atoms with van der Waals surface area (Å²) in [5, 5.41) is 8.91. The van der Waals surface area contributed by atoms with E-state index in [9.17, 15) is 22.0 Å². The Balaban J connectivity index is 2.38. The van der Waals surface area contributed by atoms with Gasteiger partial charge in [0.05, 0.1) is 18.2 Å². The maximum absolute atomic E-state index is 13.7. The number of hydrogen-bond donors (Lipinski definition) is 2. The molecule has 9 heteroatoms. The molecule has 0 fully saturated rings. The van der Waals surface area contributed by atoms with E-state index in [2.05, 4.69) is 4.98 Å². The number of sulfonamides is 1. The second kappa shape index (κ2) is 6.80. The van der Waals surface area contributed by atoms with Gasteiger partial charge in [0, 0.05) is 6.20 Å². The predicted octanol–water partition coefficient (Wildman–Crippen LogP) is 1.85. The molecule has 0 bridgehead atoms. The Hall–Kier alpha value is -2.39. The van der Waals surface area contributed by atoms with Crippen LogP contribution in [0.3, 0.4) is 0 Å². The first-order valence-electron chi connectivity index (χ1n) is 6.39. The molecule has 0 aliphatic rings. The number of halogens is 2. The molecule has 6 nitrogen and oxygen atoms in total. The fourth-order valence-electron chi connectivity index (χ4n) is 1.90. The predicted molar refractivity (Wildman–Crippen MR) is 75.9 cm³/mol. The van der Waals surface area contributed by atoms with Crippen molar-refractivity contribution >= 4 is 16.0 Å². The van der Waals surface area contributed by atoms with E-state index in [4.69, 9.17) is 5.11 Å². The Morgan fingerprint density at radius 2 is 2.00 bits per heavy atom. The molecule has 0 aliphatic carbocycles. The number of carboxylic acid groups (broad SMARTS) is 1. The van der Waals surface area contributed by atoms with Crippen LogP contribution in [0.1, 0.15) is 18.2 Å². The molecule has 0 aliphatic heterocycles. The van der Waals surface area contributed by atoms with Crippen LogP contribution in [0.15, 0.2) is 47.5 Å². The maximum Gasteiger partial charge on any atom is 0.305 e. The third-order valence-electron chi connectivity index (χ3n) is 2.90. The van der Waals surface area contributed by atoms with Gasteiger partial charge in [-0.1, -0.05) is 6.07 Å². The van der Waals surface area contributed by atoms with Crippen molar-refractivity contribution in [2.75, 3.05) is 0 Å². The Morgan fingerprint density at radius 3 is 2.61 bits per heavy atom. The molecule has 2 rings (SSSR count). The van der Waals surface area contributed by atoms with Crippen LogP contribution in [-0.2, 0) is 14.8 Å². The summed E-state index contributed by atoms with van der Waals surface area (Å²) in [6, 6.07) is 5.31. The van der Waals surface area contributed by atoms with Crippen LogP contribution in [0.4, 0.5) is 8.78 Å². The third-order valence-corrected chi connectivity index (χ3v) is 4.39. The molecule has 2 aromatic rings. The van der Waals surface area contributed by atoms with E-state index in [0.29, 0.717) is 12.1 Å². The highest BCUT2D eigenvalue weighted by molar-refractivity contribution is 7.89. The topological polar surface area (TPSA) is 96.4 Å². The smallest absolute Gasteiger partial charge is 0.305 e. The van der Waals surface area contributed by atoms with Crippen LogP contribution < -0.4 is 4.72 Å². The zero-order valence-electron chi connectivity index (χ0n) is 11.6. The standard InChI is InChI=1S/C14H12F2N2O4S/c15-9-4-5-10(16)13(7-9)23(21,22)18-12(8-14(19)20)11-3-1-2-6-17-11/h1-7,12,18H,8H2,(H,19,20). The summed E-state index contributed by atoms with van der Waals surface area (Å²) in [7, 11) is -4.47. The van der Waals surface area contributed by atoms with E-state index in [0.717, 1.165) is 6.07 Å². The number of carbonyl (C=O) groups is 1. The van der Waals surface area contributed by atoms with E-state index in [1.165, 1.54) is 12.3 Å². The van der Waals surface area contributed by atoms with Crippen molar-refractivity contribution in [2.24, 2.45) is 0 Å². The van der Waals surface area contributed by atoms with Crippen molar-refractivity contribution in [3.8, 4) is 0 Å². The van der Waals surface area contributed by atoms with Gasteiger partial charge in [0.25, 0.3) is 0 Å². The van der Waals surface area contributed by atoms with Gasteiger partial charge >= 0.3 is 5.97 Å². The molecule has 1 aromatic carbocycles. The number of pyridine rings is 1. The van der Waals surface area contributed by atoms with E-state index >= 15 is 0 Å². The lowest BCUT2D eigenvalue weighted by atomic mass is 10.1. The van der Waals surface area contributed by atoms with Gasteiger partial charge < -0.3 is 5.11 Å². The minimum atomic E-state index is -4.47. The third kappa shape index (κ3) is 4.30. The first-order chi connectivity index (χ1) is 10.8. The fraction of sp³-hybridized carbons (Fsp3) is 0.143. The van der Waals surface area contributed by atoms with Crippen molar-refractivity contribution in [3.05, 3.63) is 59.9 Å². The lowest BCUT2D eigenvalue weighted by Crippen LogP contribution is -2.31. The average Bonchev–Trinajstić information content (AvgIpc) is 2.49. The van der Waals surface area contributed by atoms with Crippen molar-refractivity contribution in [3.63, 3.8) is 0 Å². The van der Waals surface area contributed by atoms with Crippen molar-refractivity contribution in [1.82, 2.24) is 9.71 Å². The van der Waals surface area contributed by atoms with Gasteiger partial charge in [-0.2, -0.15) is 0 Å². The zero-order valence-corrected chi connectivity index (χ0v) is 12.4. The highest BCUT2D eigenvalue weighted by Gasteiger charge is 2.27. The van der Waals surface area contributed by atoms with Crippen molar-refractivity contribution < 1.29 is 27.1 Å². The van der Waals surface area contributed by atoms with E-state index in [-0.39, 0.29) is 5.69 Å². The highest BCUT2D eigenvalue weighted by atomic mass is 32.2. The number of nitrogens with one attached hydrogen (secondary N) is 1. The first kappa shape index (κ1) is 17.0. The number of carboxylic acids is 1. The van der Waals surface area contributed by atoms with Gasteiger partial charge in [-0.25, -0.2) is 21.9 Å². The Morgan fingerprint density at radius 1 is 1.26 bits per heavy atom. The summed E-state index contributed by atoms with van der Waals surface area (Å²) in [5.74, 6) is -3.35. The molecule has 0 spiro atoms. The second-order valence-electron chi connectivity index (χ2n) is 4.60. The number of benzene rings is 1. The van der Waals surface area contributed by atoms with Gasteiger partial charge in [-0.3, -0.25) is 9.78 Å². The Bertz CT molecular complexity index is 813. The maximum atomic E-state index is 13.7. The molecule has 1 heterocycles. The van der Waals surface area contributed by atoms with Crippen molar-refractivity contribution in [2.45, 2.75) is 17.4 Å². The molecular formula is C14H12F2N2O4S. The normalized spacial score (nSPS) is 12.8. The minimum Gasteiger partial charge on any atom is -0.481 e.